The highest BCUT2D eigenvalue weighted by Crippen LogP contribution is 2.28. The quantitative estimate of drug-likeness (QED) is 0.714. The Hall–Kier alpha value is -1.48. The molecule has 4 heteroatoms. The van der Waals surface area contributed by atoms with Gasteiger partial charge in [-0.25, -0.2) is 13.2 Å². The smallest absolute Gasteiger partial charge is 0.163 e. The van der Waals surface area contributed by atoms with Crippen LogP contribution in [0, 0.1) is 17.5 Å². The first-order valence-corrected chi connectivity index (χ1v) is 5.84. The fourth-order valence-electron chi connectivity index (χ4n) is 1.74. The Morgan fingerprint density at radius 1 is 1.00 bits per heavy atom. The summed E-state index contributed by atoms with van der Waals surface area (Å²) in [6, 6.07) is 9.74. The molecule has 0 saturated carbocycles. The lowest BCUT2D eigenvalue weighted by molar-refractivity contribution is 0.497. The van der Waals surface area contributed by atoms with Gasteiger partial charge in [-0.2, -0.15) is 0 Å². The van der Waals surface area contributed by atoms with Gasteiger partial charge < -0.3 is 0 Å². The molecule has 1 atom stereocenters. The molecule has 0 nitrogen and oxygen atoms in total. The highest BCUT2D eigenvalue weighted by molar-refractivity contribution is 6.20. The molecule has 0 saturated heterocycles. The molecule has 0 radical (unpaired) electrons. The van der Waals surface area contributed by atoms with Crippen LogP contribution in [0.5, 0.6) is 0 Å². The molecule has 18 heavy (non-hydrogen) atoms. The van der Waals surface area contributed by atoms with Crippen LogP contribution in [-0.4, -0.2) is 0 Å². The summed E-state index contributed by atoms with van der Waals surface area (Å²) in [6.07, 6.45) is 0.236. The van der Waals surface area contributed by atoms with E-state index in [2.05, 4.69) is 0 Å². The Kier molecular flexibility index (Phi) is 3.92. The number of rotatable bonds is 3. The summed E-state index contributed by atoms with van der Waals surface area (Å²) in [5.41, 5.74) is 0.722. The van der Waals surface area contributed by atoms with Gasteiger partial charge in [-0.15, -0.1) is 11.6 Å². The van der Waals surface area contributed by atoms with Crippen molar-refractivity contribution in [3.8, 4) is 0 Å². The number of alkyl halides is 1. The maximum absolute atomic E-state index is 13.5. The van der Waals surface area contributed by atoms with Crippen LogP contribution >= 0.6 is 11.6 Å². The van der Waals surface area contributed by atoms with Gasteiger partial charge >= 0.3 is 0 Å². The van der Waals surface area contributed by atoms with Gasteiger partial charge in [0.05, 0.1) is 5.38 Å². The molecule has 0 heterocycles. The topological polar surface area (TPSA) is 0 Å². The largest absolute Gasteiger partial charge is 0.207 e. The van der Waals surface area contributed by atoms with Crippen molar-refractivity contribution in [3.05, 3.63) is 71.0 Å². The first kappa shape index (κ1) is 13.0. The number of hydrogen-bond acceptors (Lipinski definition) is 0. The SMILES string of the molecule is Fc1cccc(CC(Cl)c2cccc(F)c2F)c1. The zero-order valence-electron chi connectivity index (χ0n) is 9.34. The molecular weight excluding hydrogens is 261 g/mol. The minimum atomic E-state index is -0.950. The molecule has 0 amide bonds. The third-order valence-electron chi connectivity index (χ3n) is 2.62. The fourth-order valence-corrected chi connectivity index (χ4v) is 2.09. The van der Waals surface area contributed by atoms with E-state index in [9.17, 15) is 13.2 Å². The summed E-state index contributed by atoms with van der Waals surface area (Å²) in [5.74, 6) is -2.26. The van der Waals surface area contributed by atoms with Gasteiger partial charge in [0.15, 0.2) is 11.6 Å². The van der Waals surface area contributed by atoms with E-state index in [4.69, 9.17) is 11.6 Å². The highest BCUT2D eigenvalue weighted by Gasteiger charge is 2.16. The standard InChI is InChI=1S/C14H10ClF3/c15-12(8-9-3-1-4-10(16)7-9)11-5-2-6-13(17)14(11)18/h1-7,12H,8H2. The monoisotopic (exact) mass is 270 g/mol. The molecule has 2 aromatic carbocycles. The molecule has 0 fully saturated rings. The molecule has 2 rings (SSSR count). The second-order valence-corrected chi connectivity index (χ2v) is 4.47. The Labute approximate surface area is 108 Å². The van der Waals surface area contributed by atoms with Gasteiger partial charge in [0.2, 0.25) is 0 Å². The number of benzene rings is 2. The van der Waals surface area contributed by atoms with Gasteiger partial charge in [0.25, 0.3) is 0 Å². The molecule has 0 spiro atoms. The van der Waals surface area contributed by atoms with Crippen LogP contribution in [0.3, 0.4) is 0 Å². The normalized spacial score (nSPS) is 12.4. The van der Waals surface area contributed by atoms with E-state index in [1.54, 1.807) is 12.1 Å². The number of hydrogen-bond donors (Lipinski definition) is 0. The van der Waals surface area contributed by atoms with Crippen LogP contribution in [0.2, 0.25) is 0 Å². The van der Waals surface area contributed by atoms with Crippen LogP contribution in [0.1, 0.15) is 16.5 Å². The Morgan fingerprint density at radius 3 is 2.44 bits per heavy atom. The van der Waals surface area contributed by atoms with E-state index < -0.39 is 17.0 Å². The van der Waals surface area contributed by atoms with Crippen LogP contribution in [-0.2, 0) is 6.42 Å². The summed E-state index contributed by atoms with van der Waals surface area (Å²) in [7, 11) is 0. The summed E-state index contributed by atoms with van der Waals surface area (Å²) in [5, 5.41) is -0.734. The second kappa shape index (κ2) is 5.44. The minimum Gasteiger partial charge on any atom is -0.207 e. The Bertz CT molecular complexity index is 554. The van der Waals surface area contributed by atoms with Gasteiger partial charge in [-0.1, -0.05) is 24.3 Å². The molecule has 1 unspecified atom stereocenters. The molecule has 0 aromatic heterocycles. The van der Waals surface area contributed by atoms with E-state index in [0.29, 0.717) is 5.56 Å². The first-order chi connectivity index (χ1) is 8.58. The third-order valence-corrected chi connectivity index (χ3v) is 3.01. The number of halogens is 4. The summed E-state index contributed by atoms with van der Waals surface area (Å²) < 4.78 is 39.5. The van der Waals surface area contributed by atoms with Gasteiger partial charge in [0.1, 0.15) is 5.82 Å². The molecule has 0 N–H and O–H groups in total. The van der Waals surface area contributed by atoms with Gasteiger partial charge in [-0.05, 0) is 30.2 Å². The van der Waals surface area contributed by atoms with Crippen LogP contribution in [0.25, 0.3) is 0 Å². The van der Waals surface area contributed by atoms with Crippen molar-refractivity contribution in [1.29, 1.82) is 0 Å². The van der Waals surface area contributed by atoms with E-state index in [-0.39, 0.29) is 17.8 Å². The molecule has 0 bridgehead atoms. The summed E-state index contributed by atoms with van der Waals surface area (Å²) >= 11 is 6.04. The van der Waals surface area contributed by atoms with Gasteiger partial charge in [0, 0.05) is 5.56 Å². The Balaban J connectivity index is 2.22. The predicted octanol–water partition coefficient (Wildman–Crippen LogP) is 4.63. The van der Waals surface area contributed by atoms with Crippen molar-refractivity contribution < 1.29 is 13.2 Å². The van der Waals surface area contributed by atoms with E-state index in [0.717, 1.165) is 6.07 Å². The average Bonchev–Trinajstić information content (AvgIpc) is 2.32. The fraction of sp³-hybridized carbons (Fsp3) is 0.143. The molecule has 0 aliphatic carbocycles. The lowest BCUT2D eigenvalue weighted by atomic mass is 10.0. The minimum absolute atomic E-state index is 0.0842. The third kappa shape index (κ3) is 2.85. The van der Waals surface area contributed by atoms with Crippen LogP contribution < -0.4 is 0 Å². The van der Waals surface area contributed by atoms with E-state index >= 15 is 0 Å². The van der Waals surface area contributed by atoms with E-state index in [1.807, 2.05) is 0 Å². The van der Waals surface area contributed by atoms with Crippen molar-refractivity contribution in [2.24, 2.45) is 0 Å². The lowest BCUT2D eigenvalue weighted by Gasteiger charge is -2.11. The van der Waals surface area contributed by atoms with Crippen molar-refractivity contribution in [3.63, 3.8) is 0 Å². The zero-order chi connectivity index (χ0) is 13.1. The Morgan fingerprint density at radius 2 is 1.72 bits per heavy atom. The lowest BCUT2D eigenvalue weighted by Crippen LogP contribution is -2.01. The maximum atomic E-state index is 13.5. The van der Waals surface area contributed by atoms with Crippen molar-refractivity contribution in [2.45, 2.75) is 11.8 Å². The van der Waals surface area contributed by atoms with Crippen molar-refractivity contribution in [2.75, 3.05) is 0 Å². The highest BCUT2D eigenvalue weighted by atomic mass is 35.5. The average molecular weight is 271 g/mol. The molecule has 0 aliphatic rings. The second-order valence-electron chi connectivity index (χ2n) is 3.94. The van der Waals surface area contributed by atoms with Gasteiger partial charge in [-0.3, -0.25) is 0 Å². The maximum Gasteiger partial charge on any atom is 0.163 e. The molecule has 94 valence electrons. The summed E-state index contributed by atoms with van der Waals surface area (Å²) in [6.45, 7) is 0. The van der Waals surface area contributed by atoms with Crippen LogP contribution in [0.4, 0.5) is 13.2 Å². The predicted molar refractivity (Wildman–Crippen MR) is 65.1 cm³/mol. The molecule has 2 aromatic rings. The van der Waals surface area contributed by atoms with Crippen LogP contribution in [0.15, 0.2) is 42.5 Å². The first-order valence-electron chi connectivity index (χ1n) is 5.40. The van der Waals surface area contributed by atoms with Crippen molar-refractivity contribution in [1.82, 2.24) is 0 Å². The van der Waals surface area contributed by atoms with Crippen molar-refractivity contribution >= 4 is 11.6 Å². The summed E-state index contributed by atoms with van der Waals surface area (Å²) in [4.78, 5) is 0. The molecule has 0 aliphatic heterocycles. The zero-order valence-corrected chi connectivity index (χ0v) is 10.1. The molecular formula is C14H10ClF3. The van der Waals surface area contributed by atoms with E-state index in [1.165, 1.54) is 24.3 Å².